The lowest BCUT2D eigenvalue weighted by Gasteiger charge is -2.21. The maximum atomic E-state index is 13.0. The molecule has 1 fully saturated rings. The summed E-state index contributed by atoms with van der Waals surface area (Å²) in [6.07, 6.45) is 0. The van der Waals surface area contributed by atoms with Crippen LogP contribution >= 0.6 is 0 Å². The molecule has 2 atom stereocenters. The largest absolute Gasteiger partial charge is 0.324 e. The van der Waals surface area contributed by atoms with E-state index in [1.807, 2.05) is 52.0 Å². The van der Waals surface area contributed by atoms with Gasteiger partial charge in [-0.05, 0) is 51.0 Å². The fourth-order valence-corrected chi connectivity index (χ4v) is 4.01. The molecule has 0 unspecified atom stereocenters. The van der Waals surface area contributed by atoms with E-state index in [0.29, 0.717) is 5.69 Å². The molecule has 0 aromatic heterocycles. The highest BCUT2D eigenvalue weighted by atomic mass is 16.2. The van der Waals surface area contributed by atoms with Crippen molar-refractivity contribution in [3.8, 4) is 0 Å². The number of imide groups is 1. The highest BCUT2D eigenvalue weighted by Gasteiger charge is 2.55. The highest BCUT2D eigenvalue weighted by molar-refractivity contribution is 6.25. The number of hydrogen-bond acceptors (Lipinski definition) is 6. The first-order chi connectivity index (χ1) is 14.3. The molecule has 154 valence electrons. The third kappa shape index (κ3) is 3.34. The van der Waals surface area contributed by atoms with Gasteiger partial charge in [0.25, 0.3) is 11.8 Å². The van der Waals surface area contributed by atoms with Gasteiger partial charge in [-0.1, -0.05) is 40.6 Å². The molecule has 4 rings (SSSR count). The lowest BCUT2D eigenvalue weighted by atomic mass is 10.1. The molecule has 2 heterocycles. The fourth-order valence-electron chi connectivity index (χ4n) is 4.01. The molecule has 0 radical (unpaired) electrons. The van der Waals surface area contributed by atoms with Gasteiger partial charge in [0.1, 0.15) is 6.54 Å². The third-order valence-corrected chi connectivity index (χ3v) is 5.40. The number of rotatable bonds is 4. The molecule has 2 aromatic carbocycles. The van der Waals surface area contributed by atoms with E-state index in [9.17, 15) is 14.4 Å². The Labute approximate surface area is 174 Å². The van der Waals surface area contributed by atoms with Gasteiger partial charge in [-0.25, -0.2) is 4.90 Å². The van der Waals surface area contributed by atoms with Crippen molar-refractivity contribution in [2.75, 3.05) is 16.8 Å². The van der Waals surface area contributed by atoms with Crippen LogP contribution in [0, 0.1) is 27.7 Å². The highest BCUT2D eigenvalue weighted by Crippen LogP contribution is 2.32. The number of hydrogen-bond donors (Lipinski definition) is 1. The Balaban J connectivity index is 1.50. The van der Waals surface area contributed by atoms with Crippen LogP contribution in [0.5, 0.6) is 0 Å². The van der Waals surface area contributed by atoms with E-state index in [2.05, 4.69) is 15.7 Å². The van der Waals surface area contributed by atoms with Crippen LogP contribution in [0.1, 0.15) is 22.3 Å². The number of anilines is 2. The standard InChI is InChI=1S/C22H23N5O3/c1-12-5-7-16(8-6-12)27-21(29)19-20(22(27)30)26(25-24-19)11-17(28)23-18-14(3)9-13(2)10-15(18)4/h5-10,19-20H,11H2,1-4H3,(H,23,28)/t19-,20+/m0/s1. The summed E-state index contributed by atoms with van der Waals surface area (Å²) < 4.78 is 0. The molecule has 3 amide bonds. The monoisotopic (exact) mass is 405 g/mol. The number of amides is 3. The molecule has 2 aromatic rings. The first-order valence-electron chi connectivity index (χ1n) is 9.76. The summed E-state index contributed by atoms with van der Waals surface area (Å²) in [4.78, 5) is 39.5. The molecule has 2 aliphatic heterocycles. The van der Waals surface area contributed by atoms with E-state index >= 15 is 0 Å². The van der Waals surface area contributed by atoms with Gasteiger partial charge in [0.05, 0.1) is 5.69 Å². The first-order valence-corrected chi connectivity index (χ1v) is 9.76. The number of fused-ring (bicyclic) bond motifs is 1. The van der Waals surface area contributed by atoms with Crippen LogP contribution in [0.15, 0.2) is 46.7 Å². The average Bonchev–Trinajstić information content (AvgIpc) is 3.19. The van der Waals surface area contributed by atoms with Crippen molar-refractivity contribution < 1.29 is 14.4 Å². The van der Waals surface area contributed by atoms with Crippen molar-refractivity contribution in [3.63, 3.8) is 0 Å². The van der Waals surface area contributed by atoms with Crippen LogP contribution < -0.4 is 10.2 Å². The molecule has 0 bridgehead atoms. The summed E-state index contributed by atoms with van der Waals surface area (Å²) >= 11 is 0. The van der Waals surface area contributed by atoms with Crippen LogP contribution in [-0.4, -0.2) is 41.4 Å². The molecule has 0 saturated carbocycles. The van der Waals surface area contributed by atoms with Gasteiger partial charge in [-0.2, -0.15) is 5.11 Å². The van der Waals surface area contributed by atoms with Crippen LogP contribution in [0.25, 0.3) is 0 Å². The smallest absolute Gasteiger partial charge is 0.263 e. The Kier molecular flexibility index (Phi) is 4.85. The van der Waals surface area contributed by atoms with Gasteiger partial charge >= 0.3 is 0 Å². The first kappa shape index (κ1) is 19.8. The van der Waals surface area contributed by atoms with Gasteiger partial charge in [-0.15, -0.1) is 0 Å². The zero-order valence-corrected chi connectivity index (χ0v) is 17.3. The predicted octanol–water partition coefficient (Wildman–Crippen LogP) is 2.85. The van der Waals surface area contributed by atoms with Gasteiger partial charge in [-0.3, -0.25) is 19.4 Å². The summed E-state index contributed by atoms with van der Waals surface area (Å²) in [5.74, 6) is -1.17. The minimum atomic E-state index is -0.922. The molecule has 2 aliphatic rings. The van der Waals surface area contributed by atoms with Crippen molar-refractivity contribution in [2.45, 2.75) is 39.8 Å². The number of benzene rings is 2. The second-order valence-corrected chi connectivity index (χ2v) is 7.86. The number of aryl methyl sites for hydroxylation is 4. The number of carbonyl (C=O) groups is 3. The van der Waals surface area contributed by atoms with Crippen LogP contribution in [0.4, 0.5) is 11.4 Å². The van der Waals surface area contributed by atoms with Gasteiger partial charge in [0.15, 0.2) is 12.1 Å². The zero-order chi connectivity index (χ0) is 21.6. The van der Waals surface area contributed by atoms with E-state index < -0.39 is 23.9 Å². The number of nitrogens with zero attached hydrogens (tertiary/aromatic N) is 4. The average molecular weight is 405 g/mol. The molecular weight excluding hydrogens is 382 g/mol. The van der Waals surface area contributed by atoms with Crippen molar-refractivity contribution in [1.82, 2.24) is 5.01 Å². The van der Waals surface area contributed by atoms with Crippen molar-refractivity contribution in [3.05, 3.63) is 58.7 Å². The Morgan fingerprint density at radius 2 is 1.60 bits per heavy atom. The Bertz CT molecular complexity index is 1050. The molecule has 0 aliphatic carbocycles. The maximum Gasteiger partial charge on any atom is 0.263 e. The molecule has 30 heavy (non-hydrogen) atoms. The van der Waals surface area contributed by atoms with Crippen LogP contribution in [-0.2, 0) is 14.4 Å². The lowest BCUT2D eigenvalue weighted by Crippen LogP contribution is -2.43. The molecule has 1 N–H and O–H groups in total. The summed E-state index contributed by atoms with van der Waals surface area (Å²) in [6, 6.07) is 9.29. The second kappa shape index (κ2) is 7.37. The van der Waals surface area contributed by atoms with Crippen LogP contribution in [0.2, 0.25) is 0 Å². The Hall–Kier alpha value is -3.55. The van der Waals surface area contributed by atoms with Gasteiger partial charge in [0.2, 0.25) is 5.91 Å². The SMILES string of the molecule is Cc1ccc(N2C(=O)[C@H]3N=NN(CC(=O)Nc4c(C)cc(C)cc4C)[C@H]3C2=O)cc1. The summed E-state index contributed by atoms with van der Waals surface area (Å²) in [7, 11) is 0. The maximum absolute atomic E-state index is 13.0. The number of nitrogens with one attached hydrogen (secondary N) is 1. The van der Waals surface area contributed by atoms with Crippen molar-refractivity contribution in [1.29, 1.82) is 0 Å². The van der Waals surface area contributed by atoms with Crippen molar-refractivity contribution in [2.24, 2.45) is 10.3 Å². The zero-order valence-electron chi connectivity index (χ0n) is 17.3. The number of carbonyl (C=O) groups excluding carboxylic acids is 3. The minimum Gasteiger partial charge on any atom is -0.324 e. The summed E-state index contributed by atoms with van der Waals surface area (Å²) in [5, 5.41) is 12.1. The van der Waals surface area contributed by atoms with E-state index in [1.165, 1.54) is 5.01 Å². The third-order valence-electron chi connectivity index (χ3n) is 5.40. The fraction of sp³-hybridized carbons (Fsp3) is 0.318. The molecule has 1 saturated heterocycles. The molecular formula is C22H23N5O3. The minimum absolute atomic E-state index is 0.168. The molecule has 0 spiro atoms. The Morgan fingerprint density at radius 3 is 2.23 bits per heavy atom. The lowest BCUT2D eigenvalue weighted by molar-refractivity contribution is -0.123. The normalized spacial score (nSPS) is 20.1. The topological polar surface area (TPSA) is 94.4 Å². The van der Waals surface area contributed by atoms with Gasteiger partial charge in [0, 0.05) is 5.69 Å². The summed E-state index contributed by atoms with van der Waals surface area (Å²) in [6.45, 7) is 7.62. The van der Waals surface area contributed by atoms with E-state index in [-0.39, 0.29) is 12.5 Å². The van der Waals surface area contributed by atoms with E-state index in [4.69, 9.17) is 0 Å². The second-order valence-electron chi connectivity index (χ2n) is 7.86. The van der Waals surface area contributed by atoms with Gasteiger partial charge < -0.3 is 5.32 Å². The Morgan fingerprint density at radius 1 is 0.967 bits per heavy atom. The molecule has 8 nitrogen and oxygen atoms in total. The van der Waals surface area contributed by atoms with E-state index in [1.54, 1.807) is 12.1 Å². The molecule has 8 heteroatoms. The summed E-state index contributed by atoms with van der Waals surface area (Å²) in [5.41, 5.74) is 5.30. The van der Waals surface area contributed by atoms with Crippen LogP contribution in [0.3, 0.4) is 0 Å². The van der Waals surface area contributed by atoms with Crippen molar-refractivity contribution >= 4 is 29.1 Å². The van der Waals surface area contributed by atoms with E-state index in [0.717, 1.165) is 32.8 Å². The predicted molar refractivity (Wildman–Crippen MR) is 112 cm³/mol. The quantitative estimate of drug-likeness (QED) is 0.792.